The Balaban J connectivity index is 1.45. The molecule has 0 spiro atoms. The van der Waals surface area contributed by atoms with E-state index in [0.717, 1.165) is 18.8 Å². The molecule has 0 aromatic carbocycles. The van der Waals surface area contributed by atoms with Crippen LogP contribution in [0.15, 0.2) is 0 Å². The molecule has 5 nitrogen and oxygen atoms in total. The molecule has 0 aliphatic heterocycles. The standard InChI is InChI=1S/C31H52O5/c1-8-21-25-17-19(4)13-15-31(25,7)24-14-16-30(6)22(10-11-23(30)27(24)28(21)33)20(5)9-12-26(32)36-29(34)35-18(2)3/h18-25,27-28,33H,8-17H2,1-7H3/t19?,20-,21-,22-,23+,24+,25+,27+,28-,30-,31-/m1/s1. The smallest absolute Gasteiger partial charge is 0.431 e. The van der Waals surface area contributed by atoms with Crippen LogP contribution in [0.2, 0.25) is 0 Å². The summed E-state index contributed by atoms with van der Waals surface area (Å²) < 4.78 is 9.79. The molecule has 1 N–H and O–H groups in total. The van der Waals surface area contributed by atoms with Crippen LogP contribution in [0.3, 0.4) is 0 Å². The SMILES string of the molecule is CC[C@H]1[C@@H](O)[C@@H]2[C@H](CC[C@]3(C)[C@@H]([C@H](C)CCC(=O)OC(=O)OC(C)C)CC[C@@H]23)[C@@]2(C)CCC(C)C[C@@H]12. The fourth-order valence-electron chi connectivity index (χ4n) is 10.1. The first-order valence-corrected chi connectivity index (χ1v) is 15.0. The minimum Gasteiger partial charge on any atom is -0.431 e. The van der Waals surface area contributed by atoms with Crippen molar-refractivity contribution in [2.24, 2.45) is 58.2 Å². The van der Waals surface area contributed by atoms with Gasteiger partial charge in [-0.1, -0.05) is 47.5 Å². The van der Waals surface area contributed by atoms with Crippen molar-refractivity contribution in [3.05, 3.63) is 0 Å². The van der Waals surface area contributed by atoms with E-state index < -0.39 is 12.1 Å². The molecule has 4 aliphatic carbocycles. The summed E-state index contributed by atoms with van der Waals surface area (Å²) in [7, 11) is 0. The lowest BCUT2D eigenvalue weighted by molar-refractivity contribution is -0.198. The van der Waals surface area contributed by atoms with Crippen molar-refractivity contribution in [1.29, 1.82) is 0 Å². The van der Waals surface area contributed by atoms with Gasteiger partial charge in [-0.15, -0.1) is 0 Å². The van der Waals surface area contributed by atoms with E-state index in [4.69, 9.17) is 9.47 Å². The molecule has 4 saturated carbocycles. The summed E-state index contributed by atoms with van der Waals surface area (Å²) in [5, 5.41) is 11.9. The average Bonchev–Trinajstić information content (AvgIpc) is 3.15. The van der Waals surface area contributed by atoms with Crippen LogP contribution in [0, 0.1) is 58.2 Å². The van der Waals surface area contributed by atoms with Gasteiger partial charge in [-0.3, -0.25) is 4.79 Å². The molecule has 0 amide bonds. The van der Waals surface area contributed by atoms with Crippen molar-refractivity contribution in [2.45, 2.75) is 125 Å². The molecule has 5 heteroatoms. The Morgan fingerprint density at radius 3 is 2.31 bits per heavy atom. The molecule has 11 atom stereocenters. The third-order valence-corrected chi connectivity index (χ3v) is 11.8. The molecule has 0 aromatic heterocycles. The minimum absolute atomic E-state index is 0.177. The Kier molecular flexibility index (Phi) is 8.20. The van der Waals surface area contributed by atoms with Crippen LogP contribution in [0.5, 0.6) is 0 Å². The van der Waals surface area contributed by atoms with Crippen LogP contribution in [-0.2, 0) is 14.3 Å². The minimum atomic E-state index is -0.894. The molecular weight excluding hydrogens is 452 g/mol. The largest absolute Gasteiger partial charge is 0.516 e. The second kappa shape index (κ2) is 10.6. The Bertz CT molecular complexity index is 809. The highest BCUT2D eigenvalue weighted by Gasteiger charge is 2.64. The molecule has 0 heterocycles. The van der Waals surface area contributed by atoms with Gasteiger partial charge in [0, 0.05) is 6.42 Å². The van der Waals surface area contributed by atoms with E-state index in [9.17, 15) is 14.7 Å². The molecular formula is C31H52O5. The zero-order valence-electron chi connectivity index (χ0n) is 23.9. The van der Waals surface area contributed by atoms with Gasteiger partial charge in [0.15, 0.2) is 0 Å². The van der Waals surface area contributed by atoms with E-state index in [1.807, 2.05) is 0 Å². The molecule has 0 aromatic rings. The number of aliphatic hydroxyl groups excluding tert-OH is 1. The van der Waals surface area contributed by atoms with Crippen LogP contribution in [0.25, 0.3) is 0 Å². The van der Waals surface area contributed by atoms with Gasteiger partial charge in [-0.05, 0) is 117 Å². The predicted molar refractivity (Wildman–Crippen MR) is 141 cm³/mol. The van der Waals surface area contributed by atoms with E-state index in [1.54, 1.807) is 13.8 Å². The van der Waals surface area contributed by atoms with Crippen LogP contribution < -0.4 is 0 Å². The zero-order chi connectivity index (χ0) is 26.4. The summed E-state index contributed by atoms with van der Waals surface area (Å²) in [6.07, 6.45) is 9.49. The fourth-order valence-corrected chi connectivity index (χ4v) is 10.1. The molecule has 4 rings (SSSR count). The van der Waals surface area contributed by atoms with Crippen LogP contribution in [0.1, 0.15) is 113 Å². The maximum absolute atomic E-state index is 12.3. The molecule has 4 fully saturated rings. The second-order valence-electron chi connectivity index (χ2n) is 14.0. The predicted octanol–water partition coefficient (Wildman–Crippen LogP) is 7.39. The third kappa shape index (κ3) is 4.87. The number of fused-ring (bicyclic) bond motifs is 5. The first-order chi connectivity index (χ1) is 16.9. The van der Waals surface area contributed by atoms with Gasteiger partial charge in [0.05, 0.1) is 12.2 Å². The van der Waals surface area contributed by atoms with Gasteiger partial charge in [-0.25, -0.2) is 4.79 Å². The highest BCUT2D eigenvalue weighted by Crippen LogP contribution is 2.69. The molecule has 0 saturated heterocycles. The van der Waals surface area contributed by atoms with Gasteiger partial charge < -0.3 is 14.6 Å². The van der Waals surface area contributed by atoms with Crippen LogP contribution in [-0.4, -0.2) is 29.4 Å². The topological polar surface area (TPSA) is 72.8 Å². The molecule has 206 valence electrons. The maximum atomic E-state index is 12.3. The molecule has 4 aliphatic rings. The summed E-state index contributed by atoms with van der Waals surface area (Å²) in [5.41, 5.74) is 0.585. The molecule has 0 radical (unpaired) electrons. The van der Waals surface area contributed by atoms with Crippen molar-refractivity contribution in [3.8, 4) is 0 Å². The van der Waals surface area contributed by atoms with Crippen molar-refractivity contribution < 1.29 is 24.2 Å². The van der Waals surface area contributed by atoms with Crippen molar-refractivity contribution in [1.82, 2.24) is 0 Å². The first kappa shape index (κ1) is 27.9. The Morgan fingerprint density at radius 1 is 0.972 bits per heavy atom. The van der Waals surface area contributed by atoms with Gasteiger partial charge in [0.25, 0.3) is 0 Å². The molecule has 0 bridgehead atoms. The Hall–Kier alpha value is -1.10. The highest BCUT2D eigenvalue weighted by atomic mass is 16.7. The lowest BCUT2D eigenvalue weighted by Gasteiger charge is -2.65. The number of carbonyl (C=O) groups excluding carboxylic acids is 2. The highest BCUT2D eigenvalue weighted by molar-refractivity contribution is 5.81. The van der Waals surface area contributed by atoms with E-state index in [0.29, 0.717) is 46.8 Å². The Labute approximate surface area is 219 Å². The molecule has 36 heavy (non-hydrogen) atoms. The average molecular weight is 505 g/mol. The van der Waals surface area contributed by atoms with Gasteiger partial charge >= 0.3 is 12.1 Å². The van der Waals surface area contributed by atoms with E-state index in [2.05, 4.69) is 34.6 Å². The van der Waals surface area contributed by atoms with Crippen LogP contribution >= 0.6 is 0 Å². The number of hydrogen-bond donors (Lipinski definition) is 1. The Morgan fingerprint density at radius 2 is 1.64 bits per heavy atom. The van der Waals surface area contributed by atoms with E-state index in [-0.39, 0.29) is 24.0 Å². The van der Waals surface area contributed by atoms with Gasteiger partial charge in [0.1, 0.15) is 0 Å². The first-order valence-electron chi connectivity index (χ1n) is 15.0. The van der Waals surface area contributed by atoms with E-state index in [1.165, 1.54) is 44.9 Å². The number of carbonyl (C=O) groups is 2. The maximum Gasteiger partial charge on any atom is 0.516 e. The van der Waals surface area contributed by atoms with Gasteiger partial charge in [-0.2, -0.15) is 0 Å². The van der Waals surface area contributed by atoms with Crippen molar-refractivity contribution in [3.63, 3.8) is 0 Å². The van der Waals surface area contributed by atoms with Crippen molar-refractivity contribution >= 4 is 12.1 Å². The summed E-state index contributed by atoms with van der Waals surface area (Å²) >= 11 is 0. The summed E-state index contributed by atoms with van der Waals surface area (Å²) in [5.74, 6) is 3.93. The van der Waals surface area contributed by atoms with Gasteiger partial charge in [0.2, 0.25) is 0 Å². The number of esters is 1. The number of aliphatic hydroxyl groups is 1. The number of rotatable bonds is 6. The quantitative estimate of drug-likeness (QED) is 0.301. The lowest BCUT2D eigenvalue weighted by Crippen LogP contribution is -2.61. The number of ether oxygens (including phenoxy) is 2. The van der Waals surface area contributed by atoms with E-state index >= 15 is 0 Å². The summed E-state index contributed by atoms with van der Waals surface area (Å²) in [4.78, 5) is 23.9. The lowest BCUT2D eigenvalue weighted by atomic mass is 9.41. The normalized spacial score (nSPS) is 44.8. The fraction of sp³-hybridized carbons (Fsp3) is 0.935. The van der Waals surface area contributed by atoms with Crippen LogP contribution in [0.4, 0.5) is 4.79 Å². The number of hydrogen-bond acceptors (Lipinski definition) is 5. The summed E-state index contributed by atoms with van der Waals surface area (Å²) in [6.45, 7) is 15.5. The third-order valence-electron chi connectivity index (χ3n) is 11.8. The molecule has 1 unspecified atom stereocenters. The summed E-state index contributed by atoms with van der Waals surface area (Å²) in [6, 6.07) is 0. The monoisotopic (exact) mass is 504 g/mol. The zero-order valence-corrected chi connectivity index (χ0v) is 23.9. The van der Waals surface area contributed by atoms with Crippen molar-refractivity contribution in [2.75, 3.05) is 0 Å². The second-order valence-corrected chi connectivity index (χ2v) is 14.0.